The van der Waals surface area contributed by atoms with Crippen LogP contribution in [-0.2, 0) is 9.59 Å². The van der Waals surface area contributed by atoms with Crippen LogP contribution in [0.25, 0.3) is 0 Å². The van der Waals surface area contributed by atoms with Crippen molar-refractivity contribution in [3.8, 4) is 17.2 Å². The third-order valence-electron chi connectivity index (χ3n) is 4.43. The Kier molecular flexibility index (Phi) is 11.3. The topological polar surface area (TPSA) is 61.8 Å². The third kappa shape index (κ3) is 9.77. The monoisotopic (exact) mass is 392 g/mol. The summed E-state index contributed by atoms with van der Waals surface area (Å²) in [4.78, 5) is 24.4. The van der Waals surface area contributed by atoms with Crippen LogP contribution in [0.3, 0.4) is 0 Å². The molecule has 0 aromatic heterocycles. The van der Waals surface area contributed by atoms with Gasteiger partial charge in [-0.1, -0.05) is 59.4 Å². The molecule has 5 heteroatoms. The number of carbonyl (C=O) groups is 2. The van der Waals surface area contributed by atoms with E-state index in [4.69, 9.17) is 14.2 Å². The molecule has 1 aromatic rings. The van der Waals surface area contributed by atoms with Crippen molar-refractivity contribution in [3.63, 3.8) is 0 Å². The van der Waals surface area contributed by atoms with E-state index >= 15 is 0 Å². The van der Waals surface area contributed by atoms with Crippen molar-refractivity contribution in [2.75, 3.05) is 7.11 Å². The second-order valence-corrected chi connectivity index (χ2v) is 8.01. The van der Waals surface area contributed by atoms with Crippen LogP contribution < -0.4 is 14.2 Å². The normalized spacial score (nSPS) is 11.0. The van der Waals surface area contributed by atoms with E-state index < -0.39 is 0 Å². The molecule has 1 rings (SSSR count). The third-order valence-corrected chi connectivity index (χ3v) is 4.43. The van der Waals surface area contributed by atoms with E-state index in [0.717, 1.165) is 38.5 Å². The van der Waals surface area contributed by atoms with Crippen molar-refractivity contribution >= 4 is 11.9 Å². The van der Waals surface area contributed by atoms with Crippen molar-refractivity contribution in [2.24, 2.45) is 11.8 Å². The number of rotatable bonds is 13. The minimum absolute atomic E-state index is 0.175. The fraction of sp³-hybridized carbons (Fsp3) is 0.652. The average molecular weight is 393 g/mol. The van der Waals surface area contributed by atoms with Crippen molar-refractivity contribution in [1.29, 1.82) is 0 Å². The lowest BCUT2D eigenvalue weighted by molar-refractivity contribution is -0.137. The smallest absolute Gasteiger partial charge is 0.311 e. The van der Waals surface area contributed by atoms with E-state index in [1.165, 1.54) is 7.11 Å². The Bertz CT molecular complexity index is 607. The molecule has 0 amide bonds. The molecule has 1 aromatic carbocycles. The van der Waals surface area contributed by atoms with Gasteiger partial charge in [0.05, 0.1) is 7.11 Å². The number of unbranched alkanes of at least 4 members (excludes halogenated alkanes) is 2. The fourth-order valence-corrected chi connectivity index (χ4v) is 2.82. The van der Waals surface area contributed by atoms with Crippen LogP contribution in [0.15, 0.2) is 18.2 Å². The predicted octanol–water partition coefficient (Wildman–Crippen LogP) is 5.94. The Hall–Kier alpha value is -2.04. The van der Waals surface area contributed by atoms with Gasteiger partial charge in [-0.25, -0.2) is 0 Å². The lowest BCUT2D eigenvalue weighted by Crippen LogP contribution is -2.13. The largest absolute Gasteiger partial charge is 0.493 e. The molecule has 158 valence electrons. The summed E-state index contributed by atoms with van der Waals surface area (Å²) in [6.45, 7) is 8.66. The van der Waals surface area contributed by atoms with Gasteiger partial charge in [0.15, 0.2) is 11.5 Å². The predicted molar refractivity (Wildman–Crippen MR) is 111 cm³/mol. The molecule has 0 unspecified atom stereocenters. The first-order chi connectivity index (χ1) is 13.3. The van der Waals surface area contributed by atoms with Gasteiger partial charge in [-0.05, 0) is 36.8 Å². The summed E-state index contributed by atoms with van der Waals surface area (Å²) in [5.74, 6) is 1.35. The SMILES string of the molecule is COc1cccc(OC(=O)CCCCC(C)C)c1OC(=O)CCCCC(C)C. The molecule has 0 spiro atoms. The number of hydrogen-bond donors (Lipinski definition) is 0. The lowest BCUT2D eigenvalue weighted by Gasteiger charge is -2.14. The van der Waals surface area contributed by atoms with Gasteiger partial charge in [0.1, 0.15) is 0 Å². The first-order valence-corrected chi connectivity index (χ1v) is 10.4. The molecule has 0 saturated carbocycles. The molecular formula is C23H36O5. The molecule has 0 aliphatic rings. The summed E-state index contributed by atoms with van der Waals surface area (Å²) < 4.78 is 16.2. The van der Waals surface area contributed by atoms with E-state index in [2.05, 4.69) is 27.7 Å². The van der Waals surface area contributed by atoms with E-state index in [-0.39, 0.29) is 23.4 Å². The zero-order valence-corrected chi connectivity index (χ0v) is 18.1. The van der Waals surface area contributed by atoms with Gasteiger partial charge in [0.2, 0.25) is 5.75 Å². The van der Waals surface area contributed by atoms with Gasteiger partial charge in [0, 0.05) is 12.8 Å². The lowest BCUT2D eigenvalue weighted by atomic mass is 10.1. The quantitative estimate of drug-likeness (QED) is 0.236. The molecule has 5 nitrogen and oxygen atoms in total. The minimum atomic E-state index is -0.345. The average Bonchev–Trinajstić information content (AvgIpc) is 2.63. The molecule has 0 atom stereocenters. The molecule has 28 heavy (non-hydrogen) atoms. The van der Waals surface area contributed by atoms with E-state index in [1.807, 2.05) is 0 Å². The standard InChI is InChI=1S/C23H36O5/c1-17(2)11-6-8-15-21(24)27-20-14-10-13-19(26-5)23(20)28-22(25)16-9-7-12-18(3)4/h10,13-14,17-18H,6-9,11-12,15-16H2,1-5H3. The Labute approximate surface area is 169 Å². The molecule has 0 radical (unpaired) electrons. The van der Waals surface area contributed by atoms with E-state index in [0.29, 0.717) is 30.4 Å². The number of para-hydroxylation sites is 1. The van der Waals surface area contributed by atoms with Crippen molar-refractivity contribution in [1.82, 2.24) is 0 Å². The Morgan fingerprint density at radius 1 is 0.786 bits per heavy atom. The summed E-state index contributed by atoms with van der Waals surface area (Å²) in [6.07, 6.45) is 6.37. The maximum absolute atomic E-state index is 12.2. The second-order valence-electron chi connectivity index (χ2n) is 8.01. The highest BCUT2D eigenvalue weighted by molar-refractivity contribution is 5.77. The highest BCUT2D eigenvalue weighted by Crippen LogP contribution is 2.37. The number of hydrogen-bond acceptors (Lipinski definition) is 5. The highest BCUT2D eigenvalue weighted by atomic mass is 16.6. The summed E-state index contributed by atoms with van der Waals surface area (Å²) in [7, 11) is 1.49. The van der Waals surface area contributed by atoms with Crippen LogP contribution in [0.1, 0.15) is 79.1 Å². The molecule has 0 heterocycles. The van der Waals surface area contributed by atoms with Crippen molar-refractivity contribution in [3.05, 3.63) is 18.2 Å². The number of methoxy groups -OCH3 is 1. The molecule has 0 fully saturated rings. The molecule has 0 saturated heterocycles. The van der Waals surface area contributed by atoms with Crippen molar-refractivity contribution in [2.45, 2.75) is 79.1 Å². The molecule has 0 N–H and O–H groups in total. The van der Waals surface area contributed by atoms with Crippen LogP contribution in [0.5, 0.6) is 17.2 Å². The van der Waals surface area contributed by atoms with Gasteiger partial charge in [-0.15, -0.1) is 0 Å². The van der Waals surface area contributed by atoms with Gasteiger partial charge in [0.25, 0.3) is 0 Å². The van der Waals surface area contributed by atoms with Crippen molar-refractivity contribution < 1.29 is 23.8 Å². The van der Waals surface area contributed by atoms with Crippen LogP contribution in [0.4, 0.5) is 0 Å². The Morgan fingerprint density at radius 3 is 1.79 bits per heavy atom. The Balaban J connectivity index is 2.64. The number of benzene rings is 1. The zero-order chi connectivity index (χ0) is 20.9. The van der Waals surface area contributed by atoms with Crippen LogP contribution in [0, 0.1) is 11.8 Å². The maximum atomic E-state index is 12.2. The fourth-order valence-electron chi connectivity index (χ4n) is 2.82. The number of esters is 2. The highest BCUT2D eigenvalue weighted by Gasteiger charge is 2.18. The van der Waals surface area contributed by atoms with Gasteiger partial charge >= 0.3 is 11.9 Å². The summed E-state index contributed by atoms with van der Waals surface area (Å²) in [5, 5.41) is 0. The first-order valence-electron chi connectivity index (χ1n) is 10.4. The molecular weight excluding hydrogens is 356 g/mol. The van der Waals surface area contributed by atoms with Crippen LogP contribution in [0.2, 0.25) is 0 Å². The summed E-state index contributed by atoms with van der Waals surface area (Å²) in [5.41, 5.74) is 0. The van der Waals surface area contributed by atoms with Gasteiger partial charge in [-0.2, -0.15) is 0 Å². The minimum Gasteiger partial charge on any atom is -0.493 e. The molecule has 0 aliphatic carbocycles. The van der Waals surface area contributed by atoms with Gasteiger partial charge < -0.3 is 14.2 Å². The maximum Gasteiger partial charge on any atom is 0.311 e. The Morgan fingerprint density at radius 2 is 1.29 bits per heavy atom. The van der Waals surface area contributed by atoms with Gasteiger partial charge in [-0.3, -0.25) is 9.59 Å². The molecule has 0 bridgehead atoms. The van der Waals surface area contributed by atoms with Crippen LogP contribution >= 0.6 is 0 Å². The summed E-state index contributed by atoms with van der Waals surface area (Å²) in [6, 6.07) is 5.01. The summed E-state index contributed by atoms with van der Waals surface area (Å²) >= 11 is 0. The van der Waals surface area contributed by atoms with E-state index in [1.54, 1.807) is 18.2 Å². The zero-order valence-electron chi connectivity index (χ0n) is 18.1. The second kappa shape index (κ2) is 13.2. The van der Waals surface area contributed by atoms with E-state index in [9.17, 15) is 9.59 Å². The number of carbonyl (C=O) groups excluding carboxylic acids is 2. The number of ether oxygens (including phenoxy) is 3. The molecule has 0 aliphatic heterocycles. The first kappa shape index (κ1) is 24.0. The van der Waals surface area contributed by atoms with Crippen LogP contribution in [-0.4, -0.2) is 19.0 Å².